The first-order valence-electron chi connectivity index (χ1n) is 5.95. The molecule has 0 N–H and O–H groups in total. The molecule has 0 amide bonds. The Labute approximate surface area is 110 Å². The fourth-order valence-electron chi connectivity index (χ4n) is 2.36. The van der Waals surface area contributed by atoms with E-state index in [1.807, 2.05) is 10.7 Å². The van der Waals surface area contributed by atoms with Crippen LogP contribution in [0.4, 0.5) is 0 Å². The molecule has 0 aliphatic carbocycles. The normalized spacial score (nSPS) is 17.2. The largest absolute Gasteiger partial charge is 0.480 e. The molecule has 1 aliphatic heterocycles. The van der Waals surface area contributed by atoms with Gasteiger partial charge in [-0.1, -0.05) is 11.6 Å². The van der Waals surface area contributed by atoms with E-state index in [1.54, 1.807) is 13.3 Å². The molecule has 5 nitrogen and oxygen atoms in total. The maximum absolute atomic E-state index is 6.01. The van der Waals surface area contributed by atoms with Gasteiger partial charge in [0.25, 0.3) is 0 Å². The van der Waals surface area contributed by atoms with Gasteiger partial charge in [0.15, 0.2) is 0 Å². The predicted octanol–water partition coefficient (Wildman–Crippen LogP) is 2.44. The molecule has 18 heavy (non-hydrogen) atoms. The topological polar surface area (TPSA) is 49.2 Å². The number of hydrogen-bond donors (Lipinski definition) is 0. The molecule has 3 heterocycles. The van der Waals surface area contributed by atoms with Crippen molar-refractivity contribution in [1.82, 2.24) is 14.8 Å². The number of hydrogen-bond acceptors (Lipinski definition) is 4. The summed E-state index contributed by atoms with van der Waals surface area (Å²) in [5, 5.41) is 5.77. The molecule has 0 spiro atoms. The molecule has 3 rings (SSSR count). The second-order valence-corrected chi connectivity index (χ2v) is 4.71. The highest BCUT2D eigenvalue weighted by Gasteiger charge is 2.20. The summed E-state index contributed by atoms with van der Waals surface area (Å²) in [6, 6.07) is 2.20. The second-order valence-electron chi connectivity index (χ2n) is 4.32. The molecule has 1 aliphatic rings. The molecule has 96 valence electrons. The Morgan fingerprint density at radius 1 is 1.44 bits per heavy atom. The highest BCUT2D eigenvalue weighted by atomic mass is 35.5. The van der Waals surface area contributed by atoms with Crippen LogP contribution in [0.25, 0.3) is 10.9 Å². The lowest BCUT2D eigenvalue weighted by molar-refractivity contribution is 0.0675. The zero-order chi connectivity index (χ0) is 12.5. The predicted molar refractivity (Wildman–Crippen MR) is 68.2 cm³/mol. The van der Waals surface area contributed by atoms with Crippen LogP contribution in [0.1, 0.15) is 18.9 Å². The van der Waals surface area contributed by atoms with Gasteiger partial charge in [-0.2, -0.15) is 5.10 Å². The quantitative estimate of drug-likeness (QED) is 0.784. The Morgan fingerprint density at radius 2 is 2.22 bits per heavy atom. The Kier molecular flexibility index (Phi) is 3.09. The van der Waals surface area contributed by atoms with Crippen molar-refractivity contribution in [2.45, 2.75) is 18.9 Å². The molecule has 0 atom stereocenters. The molecular weight excluding hydrogens is 254 g/mol. The van der Waals surface area contributed by atoms with E-state index in [1.165, 1.54) is 0 Å². The van der Waals surface area contributed by atoms with E-state index in [-0.39, 0.29) is 0 Å². The Hall–Kier alpha value is -1.33. The van der Waals surface area contributed by atoms with E-state index in [4.69, 9.17) is 21.1 Å². The first kappa shape index (κ1) is 11.7. The maximum Gasteiger partial charge on any atom is 0.225 e. The molecule has 0 saturated carbocycles. The third kappa shape index (κ3) is 1.93. The van der Waals surface area contributed by atoms with Gasteiger partial charge in [0, 0.05) is 19.3 Å². The van der Waals surface area contributed by atoms with E-state index in [9.17, 15) is 0 Å². The maximum atomic E-state index is 6.01. The molecule has 0 unspecified atom stereocenters. The van der Waals surface area contributed by atoms with Gasteiger partial charge in [-0.25, -0.2) is 4.98 Å². The van der Waals surface area contributed by atoms with E-state index in [2.05, 4.69) is 10.1 Å². The van der Waals surface area contributed by atoms with Crippen LogP contribution in [0.15, 0.2) is 12.3 Å². The number of fused-ring (bicyclic) bond motifs is 1. The van der Waals surface area contributed by atoms with Crippen molar-refractivity contribution in [3.05, 3.63) is 17.4 Å². The summed E-state index contributed by atoms with van der Waals surface area (Å²) >= 11 is 6.01. The summed E-state index contributed by atoms with van der Waals surface area (Å²) in [5.41, 5.74) is 0.971. The molecule has 1 saturated heterocycles. The van der Waals surface area contributed by atoms with Crippen LogP contribution in [-0.4, -0.2) is 35.1 Å². The molecule has 2 aromatic heterocycles. The van der Waals surface area contributed by atoms with Gasteiger partial charge < -0.3 is 9.47 Å². The van der Waals surface area contributed by atoms with Gasteiger partial charge in [0.2, 0.25) is 5.88 Å². The SMILES string of the molecule is COc1nc(Cl)cc2c1cnn2C1CCOCC1. The lowest BCUT2D eigenvalue weighted by Crippen LogP contribution is -2.20. The van der Waals surface area contributed by atoms with Crippen LogP contribution >= 0.6 is 11.6 Å². The highest BCUT2D eigenvalue weighted by molar-refractivity contribution is 6.30. The van der Waals surface area contributed by atoms with Gasteiger partial charge >= 0.3 is 0 Å². The third-order valence-electron chi connectivity index (χ3n) is 3.26. The molecule has 0 aromatic carbocycles. The molecule has 0 bridgehead atoms. The van der Waals surface area contributed by atoms with Gasteiger partial charge in [0.1, 0.15) is 5.15 Å². The summed E-state index contributed by atoms with van der Waals surface area (Å²) in [5.74, 6) is 0.524. The summed E-state index contributed by atoms with van der Waals surface area (Å²) < 4.78 is 12.6. The van der Waals surface area contributed by atoms with Crippen molar-refractivity contribution in [3.63, 3.8) is 0 Å². The van der Waals surface area contributed by atoms with Gasteiger partial charge in [0.05, 0.1) is 30.3 Å². The summed E-state index contributed by atoms with van der Waals surface area (Å²) in [6.45, 7) is 1.56. The number of aromatic nitrogens is 3. The average molecular weight is 268 g/mol. The first-order chi connectivity index (χ1) is 8.79. The van der Waals surface area contributed by atoms with Crippen LogP contribution in [0, 0.1) is 0 Å². The van der Waals surface area contributed by atoms with Crippen molar-refractivity contribution >= 4 is 22.5 Å². The number of ether oxygens (including phenoxy) is 2. The number of pyridine rings is 1. The van der Waals surface area contributed by atoms with E-state index in [0.717, 1.165) is 37.0 Å². The summed E-state index contributed by atoms with van der Waals surface area (Å²) in [6.07, 6.45) is 3.73. The standard InChI is InChI=1S/C12H14ClN3O2/c1-17-12-9-7-14-16(8-2-4-18-5-3-8)10(9)6-11(13)15-12/h6-8H,2-5H2,1H3. The fourth-order valence-corrected chi connectivity index (χ4v) is 2.54. The number of nitrogens with zero attached hydrogens (tertiary/aromatic N) is 3. The first-order valence-corrected chi connectivity index (χ1v) is 6.33. The monoisotopic (exact) mass is 267 g/mol. The minimum atomic E-state index is 0.361. The van der Waals surface area contributed by atoms with Crippen LogP contribution in [-0.2, 0) is 4.74 Å². The average Bonchev–Trinajstić information content (AvgIpc) is 2.82. The molecule has 0 radical (unpaired) electrons. The van der Waals surface area contributed by atoms with Crippen molar-refractivity contribution in [2.24, 2.45) is 0 Å². The minimum Gasteiger partial charge on any atom is -0.480 e. The smallest absolute Gasteiger partial charge is 0.225 e. The zero-order valence-electron chi connectivity index (χ0n) is 10.1. The molecule has 6 heteroatoms. The Bertz CT molecular complexity index is 564. The van der Waals surface area contributed by atoms with Crippen molar-refractivity contribution in [1.29, 1.82) is 0 Å². The van der Waals surface area contributed by atoms with Crippen LogP contribution in [0.3, 0.4) is 0 Å². The number of rotatable bonds is 2. The lowest BCUT2D eigenvalue weighted by Gasteiger charge is -2.23. The van der Waals surface area contributed by atoms with Crippen LogP contribution in [0.2, 0.25) is 5.15 Å². The van der Waals surface area contributed by atoms with Crippen molar-refractivity contribution in [2.75, 3.05) is 20.3 Å². The molecular formula is C12H14ClN3O2. The summed E-state index contributed by atoms with van der Waals surface area (Å²) in [4.78, 5) is 4.14. The Morgan fingerprint density at radius 3 is 2.94 bits per heavy atom. The van der Waals surface area contributed by atoms with Crippen LogP contribution < -0.4 is 4.74 Å². The van der Waals surface area contributed by atoms with Crippen molar-refractivity contribution in [3.8, 4) is 5.88 Å². The molecule has 2 aromatic rings. The van der Waals surface area contributed by atoms with Crippen molar-refractivity contribution < 1.29 is 9.47 Å². The van der Waals surface area contributed by atoms with E-state index >= 15 is 0 Å². The number of methoxy groups -OCH3 is 1. The lowest BCUT2D eigenvalue weighted by atomic mass is 10.1. The van der Waals surface area contributed by atoms with Gasteiger partial charge in [-0.15, -0.1) is 0 Å². The summed E-state index contributed by atoms with van der Waals surface area (Å²) in [7, 11) is 1.59. The minimum absolute atomic E-state index is 0.361. The Balaban J connectivity index is 2.10. The van der Waals surface area contributed by atoms with Gasteiger partial charge in [-0.05, 0) is 12.8 Å². The highest BCUT2D eigenvalue weighted by Crippen LogP contribution is 2.30. The van der Waals surface area contributed by atoms with Crippen LogP contribution in [0.5, 0.6) is 5.88 Å². The van der Waals surface area contributed by atoms with E-state index in [0.29, 0.717) is 17.1 Å². The molecule has 1 fully saturated rings. The fraction of sp³-hybridized carbons (Fsp3) is 0.500. The third-order valence-corrected chi connectivity index (χ3v) is 3.45. The van der Waals surface area contributed by atoms with E-state index < -0.39 is 0 Å². The second kappa shape index (κ2) is 4.74. The van der Waals surface area contributed by atoms with Gasteiger partial charge in [-0.3, -0.25) is 4.68 Å². The number of halogens is 1. The zero-order valence-corrected chi connectivity index (χ0v) is 10.9.